The summed E-state index contributed by atoms with van der Waals surface area (Å²) in [4.78, 5) is 24.2. The van der Waals surface area contributed by atoms with Crippen LogP contribution >= 0.6 is 22.9 Å². The van der Waals surface area contributed by atoms with Crippen LogP contribution in [0.25, 0.3) is 0 Å². The molecule has 0 aliphatic heterocycles. The molecule has 2 rings (SSSR count). The summed E-state index contributed by atoms with van der Waals surface area (Å²) in [6.45, 7) is 3.37. The van der Waals surface area contributed by atoms with Gasteiger partial charge in [0.1, 0.15) is 4.88 Å². The van der Waals surface area contributed by atoms with E-state index in [1.54, 1.807) is 12.1 Å². The van der Waals surface area contributed by atoms with Crippen molar-refractivity contribution in [2.75, 3.05) is 6.61 Å². The van der Waals surface area contributed by atoms with Gasteiger partial charge in [-0.05, 0) is 48.6 Å². The van der Waals surface area contributed by atoms with Crippen molar-refractivity contribution in [1.82, 2.24) is 5.32 Å². The maximum Gasteiger partial charge on any atom is 0.349 e. The lowest BCUT2D eigenvalue weighted by atomic mass is 10.1. The molecule has 6 heteroatoms. The smallest absolute Gasteiger partial charge is 0.349 e. The zero-order valence-electron chi connectivity index (χ0n) is 12.3. The lowest BCUT2D eigenvalue weighted by molar-refractivity contribution is -0.124. The van der Waals surface area contributed by atoms with Gasteiger partial charge in [0.15, 0.2) is 6.61 Å². The lowest BCUT2D eigenvalue weighted by Crippen LogP contribution is -2.31. The number of hydrogen-bond acceptors (Lipinski definition) is 4. The van der Waals surface area contributed by atoms with Crippen molar-refractivity contribution in [2.45, 2.75) is 19.9 Å². The molecule has 1 N–H and O–H groups in total. The van der Waals surface area contributed by atoms with Gasteiger partial charge in [-0.2, -0.15) is 0 Å². The van der Waals surface area contributed by atoms with Crippen LogP contribution in [0.4, 0.5) is 0 Å². The molecule has 0 saturated carbocycles. The van der Waals surface area contributed by atoms with Crippen molar-refractivity contribution >= 4 is 34.8 Å². The molecule has 0 saturated heterocycles. The first-order valence-electron chi connectivity index (χ1n) is 6.73. The highest BCUT2D eigenvalue weighted by atomic mass is 35.5. The molecule has 1 atom stereocenters. The molecule has 1 heterocycles. The molecule has 0 aliphatic carbocycles. The number of esters is 1. The zero-order valence-corrected chi connectivity index (χ0v) is 13.8. The highest BCUT2D eigenvalue weighted by molar-refractivity contribution is 7.12. The second-order valence-corrected chi connectivity index (χ2v) is 6.21. The number of amides is 1. The maximum absolute atomic E-state index is 11.9. The van der Waals surface area contributed by atoms with Crippen LogP contribution in [-0.2, 0) is 9.53 Å². The van der Waals surface area contributed by atoms with Crippen LogP contribution < -0.4 is 5.32 Å². The number of carbonyl (C=O) groups excluding carboxylic acids is 2. The van der Waals surface area contributed by atoms with Crippen LogP contribution in [0.2, 0.25) is 5.02 Å². The Kier molecular flexibility index (Phi) is 5.57. The first-order valence-corrected chi connectivity index (χ1v) is 7.99. The minimum absolute atomic E-state index is 0.214. The van der Waals surface area contributed by atoms with E-state index < -0.39 is 5.97 Å². The molecule has 0 bridgehead atoms. The summed E-state index contributed by atoms with van der Waals surface area (Å²) >= 11 is 7.22. The SMILES string of the molecule is Cc1ccsc1C(=O)OCC(=O)N[C@@H](C)c1cccc(Cl)c1. The summed E-state index contributed by atoms with van der Waals surface area (Å²) in [5.74, 6) is -0.826. The number of hydrogen-bond donors (Lipinski definition) is 1. The second kappa shape index (κ2) is 7.42. The van der Waals surface area contributed by atoms with Crippen molar-refractivity contribution < 1.29 is 14.3 Å². The normalized spacial score (nSPS) is 11.8. The molecule has 1 amide bonds. The molecular formula is C16H16ClNO3S. The van der Waals surface area contributed by atoms with Gasteiger partial charge in [0, 0.05) is 5.02 Å². The van der Waals surface area contributed by atoms with Crippen molar-refractivity contribution in [2.24, 2.45) is 0 Å². The fraction of sp³-hybridized carbons (Fsp3) is 0.250. The minimum atomic E-state index is -0.474. The number of aryl methyl sites for hydroxylation is 1. The van der Waals surface area contributed by atoms with Gasteiger partial charge >= 0.3 is 5.97 Å². The molecule has 0 radical (unpaired) electrons. The summed E-state index contributed by atoms with van der Waals surface area (Å²) in [6.07, 6.45) is 0. The number of rotatable bonds is 5. The highest BCUT2D eigenvalue weighted by Gasteiger charge is 2.15. The van der Waals surface area contributed by atoms with E-state index in [9.17, 15) is 9.59 Å². The summed E-state index contributed by atoms with van der Waals surface area (Å²) in [5.41, 5.74) is 1.74. The Morgan fingerprint density at radius 2 is 2.14 bits per heavy atom. The molecule has 1 aromatic heterocycles. The number of carbonyl (C=O) groups is 2. The number of benzene rings is 1. The van der Waals surface area contributed by atoms with Crippen molar-refractivity contribution in [3.63, 3.8) is 0 Å². The Labute approximate surface area is 138 Å². The first-order chi connectivity index (χ1) is 10.5. The molecule has 1 aromatic carbocycles. The fourth-order valence-corrected chi connectivity index (χ4v) is 2.94. The van der Waals surface area contributed by atoms with Gasteiger partial charge in [-0.25, -0.2) is 4.79 Å². The lowest BCUT2D eigenvalue weighted by Gasteiger charge is -2.14. The van der Waals surface area contributed by atoms with Crippen LogP contribution in [0.3, 0.4) is 0 Å². The fourth-order valence-electron chi connectivity index (χ4n) is 1.92. The van der Waals surface area contributed by atoms with E-state index in [2.05, 4.69) is 5.32 Å². The quantitative estimate of drug-likeness (QED) is 0.845. The topological polar surface area (TPSA) is 55.4 Å². The standard InChI is InChI=1S/C16H16ClNO3S/c1-10-6-7-22-15(10)16(20)21-9-14(19)18-11(2)12-4-3-5-13(17)8-12/h3-8,11H,9H2,1-2H3,(H,18,19)/t11-/m0/s1. The summed E-state index contributed by atoms with van der Waals surface area (Å²) in [7, 11) is 0. The monoisotopic (exact) mass is 337 g/mol. The van der Waals surface area contributed by atoms with E-state index in [0.29, 0.717) is 9.90 Å². The Balaban J connectivity index is 1.85. The van der Waals surface area contributed by atoms with Crippen molar-refractivity contribution in [1.29, 1.82) is 0 Å². The Morgan fingerprint density at radius 3 is 2.77 bits per heavy atom. The van der Waals surface area contributed by atoms with Gasteiger partial charge in [0.2, 0.25) is 0 Å². The van der Waals surface area contributed by atoms with E-state index >= 15 is 0 Å². The van der Waals surface area contributed by atoms with E-state index in [-0.39, 0.29) is 18.6 Å². The molecule has 22 heavy (non-hydrogen) atoms. The predicted octanol–water partition coefficient (Wildman–Crippen LogP) is 3.74. The van der Waals surface area contributed by atoms with E-state index in [4.69, 9.17) is 16.3 Å². The minimum Gasteiger partial charge on any atom is -0.451 e. The third kappa shape index (κ3) is 4.32. The molecule has 0 aliphatic rings. The molecule has 0 spiro atoms. The van der Waals surface area contributed by atoms with Gasteiger partial charge in [0.05, 0.1) is 6.04 Å². The first kappa shape index (κ1) is 16.5. The number of ether oxygens (including phenoxy) is 1. The number of nitrogens with one attached hydrogen (secondary N) is 1. The van der Waals surface area contributed by atoms with Crippen LogP contribution in [0.5, 0.6) is 0 Å². The number of halogens is 1. The average molecular weight is 338 g/mol. The van der Waals surface area contributed by atoms with Gasteiger partial charge in [-0.1, -0.05) is 23.7 Å². The third-order valence-electron chi connectivity index (χ3n) is 3.11. The average Bonchev–Trinajstić information content (AvgIpc) is 2.91. The van der Waals surface area contributed by atoms with Crippen molar-refractivity contribution in [3.05, 3.63) is 56.7 Å². The van der Waals surface area contributed by atoms with Gasteiger partial charge in [-0.15, -0.1) is 11.3 Å². The van der Waals surface area contributed by atoms with Crippen LogP contribution in [-0.4, -0.2) is 18.5 Å². The van der Waals surface area contributed by atoms with Crippen LogP contribution in [0.1, 0.15) is 33.8 Å². The molecule has 2 aromatic rings. The third-order valence-corrected chi connectivity index (χ3v) is 4.34. The van der Waals surface area contributed by atoms with Gasteiger partial charge in [0.25, 0.3) is 5.91 Å². The van der Waals surface area contributed by atoms with Crippen LogP contribution in [0, 0.1) is 6.92 Å². The van der Waals surface area contributed by atoms with Gasteiger partial charge < -0.3 is 10.1 Å². The summed E-state index contributed by atoms with van der Waals surface area (Å²) < 4.78 is 5.02. The van der Waals surface area contributed by atoms with Crippen molar-refractivity contribution in [3.8, 4) is 0 Å². The second-order valence-electron chi connectivity index (χ2n) is 4.85. The highest BCUT2D eigenvalue weighted by Crippen LogP contribution is 2.18. The Morgan fingerprint density at radius 1 is 1.36 bits per heavy atom. The van der Waals surface area contributed by atoms with E-state index in [0.717, 1.165) is 11.1 Å². The molecule has 0 fully saturated rings. The predicted molar refractivity (Wildman–Crippen MR) is 87.3 cm³/mol. The molecule has 0 unspecified atom stereocenters. The molecular weight excluding hydrogens is 322 g/mol. The Hall–Kier alpha value is -1.85. The largest absolute Gasteiger partial charge is 0.451 e. The summed E-state index contributed by atoms with van der Waals surface area (Å²) in [5, 5.41) is 5.19. The van der Waals surface area contributed by atoms with Gasteiger partial charge in [-0.3, -0.25) is 4.79 Å². The Bertz CT molecular complexity index is 684. The maximum atomic E-state index is 11.9. The summed E-state index contributed by atoms with van der Waals surface area (Å²) in [6, 6.07) is 8.87. The molecule has 116 valence electrons. The number of thiophene rings is 1. The zero-order chi connectivity index (χ0) is 16.1. The molecule has 4 nitrogen and oxygen atoms in total. The van der Waals surface area contributed by atoms with E-state index in [1.807, 2.05) is 37.4 Å². The van der Waals surface area contributed by atoms with E-state index in [1.165, 1.54) is 11.3 Å². The van der Waals surface area contributed by atoms with Crippen LogP contribution in [0.15, 0.2) is 35.7 Å².